The lowest BCUT2D eigenvalue weighted by molar-refractivity contribution is 0.0520. The van der Waals surface area contributed by atoms with Crippen LogP contribution in [0.3, 0.4) is 0 Å². The Labute approximate surface area is 115 Å². The van der Waals surface area contributed by atoms with Crippen LogP contribution in [-0.4, -0.2) is 24.0 Å². The predicted octanol–water partition coefficient (Wildman–Crippen LogP) is 3.42. The second kappa shape index (κ2) is 5.71. The zero-order valence-electron chi connectivity index (χ0n) is 10.8. The van der Waals surface area contributed by atoms with Crippen LogP contribution in [-0.2, 0) is 4.74 Å². The molecule has 0 radical (unpaired) electrons. The van der Waals surface area contributed by atoms with Crippen LogP contribution in [0.5, 0.6) is 0 Å². The molecule has 18 heavy (non-hydrogen) atoms. The molecule has 1 aromatic rings. The van der Waals surface area contributed by atoms with Crippen molar-refractivity contribution in [3.05, 3.63) is 20.8 Å². The molecule has 0 aliphatic heterocycles. The Hall–Kier alpha value is -1.07. The number of amides is 1. The van der Waals surface area contributed by atoms with E-state index in [1.807, 2.05) is 12.3 Å². The van der Waals surface area contributed by atoms with Crippen molar-refractivity contribution in [2.45, 2.75) is 33.3 Å². The summed E-state index contributed by atoms with van der Waals surface area (Å²) in [6.45, 7) is 6.99. The predicted molar refractivity (Wildman–Crippen MR) is 72.6 cm³/mol. The third-order valence-electron chi connectivity index (χ3n) is 1.94. The number of Topliss-reactive ketones (excluding diaryl/α,β-unsaturated/α-hetero) is 1. The SMILES string of the molecule is Cc1csc(C(=O)CNC(=O)OC(C)(C)C)c1Cl. The highest BCUT2D eigenvalue weighted by Gasteiger charge is 2.19. The summed E-state index contributed by atoms with van der Waals surface area (Å²) in [5, 5.41) is 4.67. The number of hydrogen-bond acceptors (Lipinski definition) is 4. The van der Waals surface area contributed by atoms with Gasteiger partial charge in [-0.1, -0.05) is 11.6 Å². The number of aryl methyl sites for hydroxylation is 1. The van der Waals surface area contributed by atoms with Gasteiger partial charge in [-0.15, -0.1) is 11.3 Å². The molecule has 0 aliphatic carbocycles. The standard InChI is InChI=1S/C12H16ClNO3S/c1-7-6-18-10(9(7)13)8(15)5-14-11(16)17-12(2,3)4/h6H,5H2,1-4H3,(H,14,16). The van der Waals surface area contributed by atoms with E-state index < -0.39 is 11.7 Å². The normalized spacial score (nSPS) is 11.2. The molecule has 0 atom stereocenters. The monoisotopic (exact) mass is 289 g/mol. The summed E-state index contributed by atoms with van der Waals surface area (Å²) >= 11 is 7.25. The van der Waals surface area contributed by atoms with Crippen LogP contribution in [0.1, 0.15) is 36.0 Å². The van der Waals surface area contributed by atoms with E-state index in [1.54, 1.807) is 20.8 Å². The van der Waals surface area contributed by atoms with Gasteiger partial charge in [-0.25, -0.2) is 4.79 Å². The fourth-order valence-corrected chi connectivity index (χ4v) is 2.40. The van der Waals surface area contributed by atoms with Gasteiger partial charge < -0.3 is 10.1 Å². The maximum Gasteiger partial charge on any atom is 0.408 e. The molecule has 0 saturated carbocycles. The van der Waals surface area contributed by atoms with E-state index in [1.165, 1.54) is 11.3 Å². The maximum absolute atomic E-state index is 11.8. The van der Waals surface area contributed by atoms with Crippen LogP contribution in [0.25, 0.3) is 0 Å². The quantitative estimate of drug-likeness (QED) is 0.868. The van der Waals surface area contributed by atoms with Crippen molar-refractivity contribution in [2.24, 2.45) is 0 Å². The van der Waals surface area contributed by atoms with E-state index in [2.05, 4.69) is 5.32 Å². The van der Waals surface area contributed by atoms with Crippen molar-refractivity contribution >= 4 is 34.8 Å². The molecular weight excluding hydrogens is 274 g/mol. The number of nitrogens with one attached hydrogen (secondary N) is 1. The van der Waals surface area contributed by atoms with E-state index in [9.17, 15) is 9.59 Å². The molecule has 4 nitrogen and oxygen atoms in total. The number of carbonyl (C=O) groups excluding carboxylic acids is 2. The number of hydrogen-bond donors (Lipinski definition) is 1. The highest BCUT2D eigenvalue weighted by Crippen LogP contribution is 2.27. The first-order valence-electron chi connectivity index (χ1n) is 5.44. The van der Waals surface area contributed by atoms with Crippen molar-refractivity contribution < 1.29 is 14.3 Å². The van der Waals surface area contributed by atoms with Crippen molar-refractivity contribution in [3.63, 3.8) is 0 Å². The molecule has 1 N–H and O–H groups in total. The van der Waals surface area contributed by atoms with Gasteiger partial charge in [-0.05, 0) is 38.6 Å². The minimum absolute atomic E-state index is 0.116. The highest BCUT2D eigenvalue weighted by atomic mass is 35.5. The fraction of sp³-hybridized carbons (Fsp3) is 0.500. The molecule has 0 fully saturated rings. The van der Waals surface area contributed by atoms with E-state index in [0.717, 1.165) is 5.56 Å². The lowest BCUT2D eigenvalue weighted by atomic mass is 10.2. The zero-order valence-corrected chi connectivity index (χ0v) is 12.4. The van der Waals surface area contributed by atoms with Crippen molar-refractivity contribution in [1.82, 2.24) is 5.32 Å². The molecule has 0 aliphatic rings. The second-order valence-electron chi connectivity index (χ2n) is 4.84. The Morgan fingerprint density at radius 1 is 1.44 bits per heavy atom. The minimum Gasteiger partial charge on any atom is -0.444 e. The van der Waals surface area contributed by atoms with Gasteiger partial charge in [-0.2, -0.15) is 0 Å². The largest absolute Gasteiger partial charge is 0.444 e. The van der Waals surface area contributed by atoms with Crippen molar-refractivity contribution in [2.75, 3.05) is 6.54 Å². The molecular formula is C12H16ClNO3S. The molecule has 0 spiro atoms. The van der Waals surface area contributed by atoms with Gasteiger partial charge in [-0.3, -0.25) is 4.79 Å². The summed E-state index contributed by atoms with van der Waals surface area (Å²) in [6.07, 6.45) is -0.611. The first-order chi connectivity index (χ1) is 8.20. The van der Waals surface area contributed by atoms with Crippen molar-refractivity contribution in [3.8, 4) is 0 Å². The Balaban J connectivity index is 2.52. The summed E-state index contributed by atoms with van der Waals surface area (Å²) in [5.74, 6) is -0.219. The number of rotatable bonds is 3. The van der Waals surface area contributed by atoms with Crippen LogP contribution < -0.4 is 5.32 Å². The summed E-state index contributed by atoms with van der Waals surface area (Å²) < 4.78 is 5.03. The van der Waals surface area contributed by atoms with Gasteiger partial charge in [0.25, 0.3) is 0 Å². The van der Waals surface area contributed by atoms with E-state index >= 15 is 0 Å². The van der Waals surface area contributed by atoms with Gasteiger partial charge in [0.2, 0.25) is 0 Å². The molecule has 1 aromatic heterocycles. The molecule has 0 unspecified atom stereocenters. The molecule has 100 valence electrons. The summed E-state index contributed by atoms with van der Waals surface area (Å²) in [4.78, 5) is 23.6. The van der Waals surface area contributed by atoms with Gasteiger partial charge in [0.1, 0.15) is 5.60 Å². The molecule has 6 heteroatoms. The number of ether oxygens (including phenoxy) is 1. The summed E-state index contributed by atoms with van der Waals surface area (Å²) in [7, 11) is 0. The summed E-state index contributed by atoms with van der Waals surface area (Å²) in [6, 6.07) is 0. The number of carbonyl (C=O) groups is 2. The lowest BCUT2D eigenvalue weighted by Crippen LogP contribution is -2.35. The molecule has 0 saturated heterocycles. The third-order valence-corrected chi connectivity index (χ3v) is 3.68. The number of ketones is 1. The van der Waals surface area contributed by atoms with Crippen LogP contribution in [0.4, 0.5) is 4.79 Å². The van der Waals surface area contributed by atoms with Crippen LogP contribution >= 0.6 is 22.9 Å². The van der Waals surface area contributed by atoms with Crippen molar-refractivity contribution in [1.29, 1.82) is 0 Å². The third kappa shape index (κ3) is 4.31. The first kappa shape index (κ1) is 15.0. The van der Waals surface area contributed by atoms with Gasteiger partial charge in [0, 0.05) is 0 Å². The Morgan fingerprint density at radius 2 is 2.06 bits per heavy atom. The molecule has 0 bridgehead atoms. The van der Waals surface area contributed by atoms with Gasteiger partial charge >= 0.3 is 6.09 Å². The van der Waals surface area contributed by atoms with Crippen LogP contribution in [0.15, 0.2) is 5.38 Å². The topological polar surface area (TPSA) is 55.4 Å². The number of halogens is 1. The van der Waals surface area contributed by atoms with Crippen LogP contribution in [0.2, 0.25) is 5.02 Å². The van der Waals surface area contributed by atoms with Gasteiger partial charge in [0.15, 0.2) is 5.78 Å². The number of alkyl carbamates (subject to hydrolysis) is 1. The molecule has 0 aromatic carbocycles. The molecule has 1 rings (SSSR count). The smallest absolute Gasteiger partial charge is 0.408 e. The Kier molecular flexibility index (Phi) is 4.76. The van der Waals surface area contributed by atoms with E-state index in [-0.39, 0.29) is 12.3 Å². The fourth-order valence-electron chi connectivity index (χ4n) is 1.16. The number of thiophene rings is 1. The Morgan fingerprint density at radius 3 is 2.50 bits per heavy atom. The second-order valence-corrected chi connectivity index (χ2v) is 6.10. The minimum atomic E-state index is -0.611. The summed E-state index contributed by atoms with van der Waals surface area (Å²) in [5.41, 5.74) is 0.284. The highest BCUT2D eigenvalue weighted by molar-refractivity contribution is 7.13. The van der Waals surface area contributed by atoms with Gasteiger partial charge in [0.05, 0.1) is 16.4 Å². The Bertz CT molecular complexity index is 462. The van der Waals surface area contributed by atoms with Crippen LogP contribution in [0, 0.1) is 6.92 Å². The lowest BCUT2D eigenvalue weighted by Gasteiger charge is -2.19. The average Bonchev–Trinajstić information content (AvgIpc) is 2.54. The maximum atomic E-state index is 11.8. The van der Waals surface area contributed by atoms with E-state index in [0.29, 0.717) is 9.90 Å². The van der Waals surface area contributed by atoms with E-state index in [4.69, 9.17) is 16.3 Å². The molecule has 1 heterocycles. The zero-order chi connectivity index (χ0) is 13.9. The average molecular weight is 290 g/mol. The molecule has 1 amide bonds. The first-order valence-corrected chi connectivity index (χ1v) is 6.70.